The molecule has 0 saturated heterocycles. The molecular formula is C22H35N5O. The Hall–Kier alpha value is -2.50. The minimum atomic E-state index is 0.251. The number of aliphatic imine (C=N–C) groups is 1. The molecule has 0 radical (unpaired) electrons. The summed E-state index contributed by atoms with van der Waals surface area (Å²) in [5.41, 5.74) is 5.94. The number of aromatic nitrogens is 2. The van der Waals surface area contributed by atoms with E-state index in [1.165, 1.54) is 16.8 Å². The van der Waals surface area contributed by atoms with Crippen LogP contribution in [0.15, 0.2) is 23.2 Å². The molecule has 0 bridgehead atoms. The standard InChI is InChI=1S/C22H35N5O/c1-8-23-22(24-14-19-10-11-21(28-9-2)15(3)12-19)25-16(4)13-20-17(5)26-27(7)18(20)6/h10-12,16H,8-9,13-14H2,1-7H3,(H2,23,24,25). The van der Waals surface area contributed by atoms with Crippen LogP contribution in [-0.4, -0.2) is 34.9 Å². The predicted octanol–water partition coefficient (Wildman–Crippen LogP) is 3.43. The normalized spacial score (nSPS) is 12.8. The molecule has 1 aromatic carbocycles. The smallest absolute Gasteiger partial charge is 0.191 e. The fourth-order valence-electron chi connectivity index (χ4n) is 3.32. The number of nitrogens with zero attached hydrogens (tertiary/aromatic N) is 3. The molecule has 1 heterocycles. The van der Waals surface area contributed by atoms with E-state index in [0.717, 1.165) is 35.9 Å². The van der Waals surface area contributed by atoms with Gasteiger partial charge in [-0.25, -0.2) is 4.99 Å². The summed E-state index contributed by atoms with van der Waals surface area (Å²) < 4.78 is 7.57. The van der Waals surface area contributed by atoms with E-state index < -0.39 is 0 Å². The molecule has 1 atom stereocenters. The summed E-state index contributed by atoms with van der Waals surface area (Å²) in [5, 5.41) is 11.4. The number of nitrogens with one attached hydrogen (secondary N) is 2. The maximum Gasteiger partial charge on any atom is 0.191 e. The second kappa shape index (κ2) is 10.2. The van der Waals surface area contributed by atoms with E-state index in [1.807, 2.05) is 24.7 Å². The first kappa shape index (κ1) is 21.8. The molecule has 0 saturated carbocycles. The highest BCUT2D eigenvalue weighted by Gasteiger charge is 2.14. The molecule has 0 fully saturated rings. The lowest BCUT2D eigenvalue weighted by molar-refractivity contribution is 0.338. The molecule has 2 aromatic rings. The van der Waals surface area contributed by atoms with Gasteiger partial charge in [-0.15, -0.1) is 0 Å². The van der Waals surface area contributed by atoms with E-state index in [0.29, 0.717) is 13.2 Å². The topological polar surface area (TPSA) is 63.5 Å². The molecule has 6 nitrogen and oxygen atoms in total. The fraction of sp³-hybridized carbons (Fsp3) is 0.545. The lowest BCUT2D eigenvalue weighted by Crippen LogP contribution is -2.43. The first-order valence-corrected chi connectivity index (χ1v) is 10.1. The average Bonchev–Trinajstić information content (AvgIpc) is 2.88. The molecule has 0 aliphatic carbocycles. The van der Waals surface area contributed by atoms with Gasteiger partial charge in [-0.2, -0.15) is 5.10 Å². The van der Waals surface area contributed by atoms with Crippen molar-refractivity contribution in [2.75, 3.05) is 13.2 Å². The first-order valence-electron chi connectivity index (χ1n) is 10.1. The Balaban J connectivity index is 2.04. The molecule has 1 unspecified atom stereocenters. The summed E-state index contributed by atoms with van der Waals surface area (Å²) >= 11 is 0. The lowest BCUT2D eigenvalue weighted by Gasteiger charge is -2.18. The van der Waals surface area contributed by atoms with Gasteiger partial charge in [0.25, 0.3) is 0 Å². The van der Waals surface area contributed by atoms with Crippen LogP contribution in [0.1, 0.15) is 48.8 Å². The molecule has 154 valence electrons. The summed E-state index contributed by atoms with van der Waals surface area (Å²) in [4.78, 5) is 4.76. The van der Waals surface area contributed by atoms with Gasteiger partial charge in [0.15, 0.2) is 5.96 Å². The molecule has 6 heteroatoms. The van der Waals surface area contributed by atoms with E-state index in [4.69, 9.17) is 9.73 Å². The van der Waals surface area contributed by atoms with Gasteiger partial charge in [0, 0.05) is 25.3 Å². The van der Waals surface area contributed by atoms with Crippen molar-refractivity contribution in [3.8, 4) is 5.75 Å². The minimum Gasteiger partial charge on any atom is -0.494 e. The van der Waals surface area contributed by atoms with Gasteiger partial charge in [0.05, 0.1) is 18.8 Å². The monoisotopic (exact) mass is 385 g/mol. The first-order chi connectivity index (χ1) is 13.3. The second-order valence-corrected chi connectivity index (χ2v) is 7.25. The van der Waals surface area contributed by atoms with Crippen LogP contribution in [0.2, 0.25) is 0 Å². The molecule has 0 aliphatic rings. The van der Waals surface area contributed by atoms with Gasteiger partial charge < -0.3 is 15.4 Å². The van der Waals surface area contributed by atoms with Gasteiger partial charge in [-0.1, -0.05) is 12.1 Å². The summed E-state index contributed by atoms with van der Waals surface area (Å²) in [6, 6.07) is 6.50. The van der Waals surface area contributed by atoms with Gasteiger partial charge in [0.1, 0.15) is 5.75 Å². The third-order valence-corrected chi connectivity index (χ3v) is 4.86. The molecule has 2 N–H and O–H groups in total. The van der Waals surface area contributed by atoms with Crippen LogP contribution in [0.25, 0.3) is 0 Å². The molecule has 0 aliphatic heterocycles. The zero-order chi connectivity index (χ0) is 20.7. The van der Waals surface area contributed by atoms with Crippen molar-refractivity contribution in [3.63, 3.8) is 0 Å². The molecule has 28 heavy (non-hydrogen) atoms. The molecule has 0 spiro atoms. The molecule has 0 amide bonds. The van der Waals surface area contributed by atoms with Crippen LogP contribution >= 0.6 is 0 Å². The third kappa shape index (κ3) is 5.75. The lowest BCUT2D eigenvalue weighted by atomic mass is 10.1. The Morgan fingerprint density at radius 1 is 1.25 bits per heavy atom. The predicted molar refractivity (Wildman–Crippen MR) is 116 cm³/mol. The Morgan fingerprint density at radius 3 is 2.57 bits per heavy atom. The maximum absolute atomic E-state index is 5.62. The molecule has 1 aromatic heterocycles. The van der Waals surface area contributed by atoms with Crippen LogP contribution in [0, 0.1) is 20.8 Å². The van der Waals surface area contributed by atoms with Crippen molar-refractivity contribution < 1.29 is 4.74 Å². The Bertz CT molecular complexity index is 809. The highest BCUT2D eigenvalue weighted by molar-refractivity contribution is 5.80. The fourth-order valence-corrected chi connectivity index (χ4v) is 3.32. The van der Waals surface area contributed by atoms with Gasteiger partial charge in [-0.05, 0) is 70.7 Å². The third-order valence-electron chi connectivity index (χ3n) is 4.86. The second-order valence-electron chi connectivity index (χ2n) is 7.25. The SMILES string of the molecule is CCNC(=NCc1ccc(OCC)c(C)c1)NC(C)Cc1c(C)nn(C)c1C. The van der Waals surface area contributed by atoms with Crippen LogP contribution in [0.5, 0.6) is 5.75 Å². The summed E-state index contributed by atoms with van der Waals surface area (Å²) in [5.74, 6) is 1.77. The minimum absolute atomic E-state index is 0.251. The van der Waals surface area contributed by atoms with E-state index >= 15 is 0 Å². The molecular weight excluding hydrogens is 350 g/mol. The van der Waals surface area contributed by atoms with E-state index in [9.17, 15) is 0 Å². The van der Waals surface area contributed by atoms with Crippen LogP contribution in [-0.2, 0) is 20.0 Å². The van der Waals surface area contributed by atoms with Crippen molar-refractivity contribution >= 4 is 5.96 Å². The van der Waals surface area contributed by atoms with E-state index in [1.54, 1.807) is 0 Å². The number of hydrogen-bond acceptors (Lipinski definition) is 3. The van der Waals surface area contributed by atoms with Crippen molar-refractivity contribution in [1.29, 1.82) is 0 Å². The number of ether oxygens (including phenoxy) is 1. The highest BCUT2D eigenvalue weighted by Crippen LogP contribution is 2.19. The van der Waals surface area contributed by atoms with Crippen molar-refractivity contribution in [2.45, 2.75) is 60.5 Å². The van der Waals surface area contributed by atoms with Gasteiger partial charge in [-0.3, -0.25) is 4.68 Å². The zero-order valence-corrected chi connectivity index (χ0v) is 18.4. The van der Waals surface area contributed by atoms with Crippen molar-refractivity contribution in [3.05, 3.63) is 46.3 Å². The van der Waals surface area contributed by atoms with E-state index in [2.05, 4.69) is 62.5 Å². The average molecular weight is 386 g/mol. The number of aryl methyl sites for hydroxylation is 3. The van der Waals surface area contributed by atoms with Crippen LogP contribution < -0.4 is 15.4 Å². The van der Waals surface area contributed by atoms with E-state index in [-0.39, 0.29) is 6.04 Å². The number of benzene rings is 1. The van der Waals surface area contributed by atoms with Gasteiger partial charge in [0.2, 0.25) is 0 Å². The summed E-state index contributed by atoms with van der Waals surface area (Å²) in [6.45, 7) is 14.7. The van der Waals surface area contributed by atoms with Crippen molar-refractivity contribution in [2.24, 2.45) is 12.0 Å². The van der Waals surface area contributed by atoms with Crippen LogP contribution in [0.4, 0.5) is 0 Å². The quantitative estimate of drug-likeness (QED) is 0.540. The Labute approximate surface area is 169 Å². The summed E-state index contributed by atoms with van der Waals surface area (Å²) in [7, 11) is 1.99. The Kier molecular flexibility index (Phi) is 7.91. The Morgan fingerprint density at radius 2 is 2.00 bits per heavy atom. The zero-order valence-electron chi connectivity index (χ0n) is 18.4. The highest BCUT2D eigenvalue weighted by atomic mass is 16.5. The number of rotatable bonds is 8. The number of hydrogen-bond donors (Lipinski definition) is 2. The number of guanidine groups is 1. The molecule has 2 rings (SSSR count). The van der Waals surface area contributed by atoms with Crippen molar-refractivity contribution in [1.82, 2.24) is 20.4 Å². The largest absolute Gasteiger partial charge is 0.494 e. The maximum atomic E-state index is 5.62. The van der Waals surface area contributed by atoms with Gasteiger partial charge >= 0.3 is 0 Å². The van der Waals surface area contributed by atoms with Crippen LogP contribution in [0.3, 0.4) is 0 Å². The summed E-state index contributed by atoms with van der Waals surface area (Å²) in [6.07, 6.45) is 0.915.